The van der Waals surface area contributed by atoms with Gasteiger partial charge >= 0.3 is 5.97 Å². The fourth-order valence-electron chi connectivity index (χ4n) is 3.31. The molecule has 2 aromatic heterocycles. The number of nitrogens with zero attached hydrogens (tertiary/aromatic N) is 3. The number of hydrogen-bond donors (Lipinski definition) is 1. The summed E-state index contributed by atoms with van der Waals surface area (Å²) in [5.74, 6) is -0.824. The summed E-state index contributed by atoms with van der Waals surface area (Å²) in [5.41, 5.74) is 3.74. The molecule has 0 radical (unpaired) electrons. The number of aromatic nitrogens is 2. The van der Waals surface area contributed by atoms with Gasteiger partial charge in [-0.25, -0.2) is 4.79 Å². The van der Waals surface area contributed by atoms with Crippen molar-refractivity contribution in [3.63, 3.8) is 0 Å². The van der Waals surface area contributed by atoms with Gasteiger partial charge in [-0.15, -0.1) is 11.3 Å². The van der Waals surface area contributed by atoms with Crippen LogP contribution in [-0.4, -0.2) is 32.3 Å². The molecule has 0 unspecified atom stereocenters. The molecular weight excluding hydrogens is 334 g/mol. The third-order valence-corrected chi connectivity index (χ3v) is 5.79. The van der Waals surface area contributed by atoms with Crippen LogP contribution in [0.1, 0.15) is 31.2 Å². The number of carboxylic acids is 1. The summed E-state index contributed by atoms with van der Waals surface area (Å²) in [5, 5.41) is 13.5. The molecule has 1 N–H and O–H groups in total. The Morgan fingerprint density at radius 2 is 2.00 bits per heavy atom. The Morgan fingerprint density at radius 1 is 1.20 bits per heavy atom. The molecule has 5 nitrogen and oxygen atoms in total. The Labute approximate surface area is 150 Å². The number of aromatic carboxylic acids is 1. The molecule has 128 valence electrons. The number of rotatable bonds is 5. The molecule has 1 aliphatic heterocycles. The standard InChI is InChI=1S/C19H19N3O2S/c23-19(24)18-10-16-12-21(9-6-17(16)25-18)11-14-4-1-2-5-15(14)13-22-8-3-7-20-22/h1-5,7-8,10H,6,9,11-13H2,(H,23,24). The first kappa shape index (κ1) is 16.1. The first-order chi connectivity index (χ1) is 12.2. The minimum atomic E-state index is -0.824. The molecule has 0 amide bonds. The maximum atomic E-state index is 11.2. The minimum Gasteiger partial charge on any atom is -0.477 e. The highest BCUT2D eigenvalue weighted by Gasteiger charge is 2.21. The van der Waals surface area contributed by atoms with E-state index in [0.29, 0.717) is 4.88 Å². The Hall–Kier alpha value is -2.44. The van der Waals surface area contributed by atoms with Gasteiger partial charge in [-0.1, -0.05) is 24.3 Å². The van der Waals surface area contributed by atoms with Crippen molar-refractivity contribution in [1.82, 2.24) is 14.7 Å². The third-order valence-electron chi connectivity index (χ3n) is 4.56. The van der Waals surface area contributed by atoms with E-state index in [0.717, 1.165) is 32.6 Å². The molecule has 0 spiro atoms. The third kappa shape index (κ3) is 3.50. The summed E-state index contributed by atoms with van der Waals surface area (Å²) in [6, 6.07) is 12.2. The molecule has 0 aliphatic carbocycles. The summed E-state index contributed by atoms with van der Waals surface area (Å²) in [6.07, 6.45) is 4.70. The predicted octanol–water partition coefficient (Wildman–Crippen LogP) is 3.25. The maximum Gasteiger partial charge on any atom is 0.345 e. The number of carbonyl (C=O) groups is 1. The minimum absolute atomic E-state index is 0.450. The van der Waals surface area contributed by atoms with Gasteiger partial charge in [-0.05, 0) is 35.2 Å². The molecule has 6 heteroatoms. The lowest BCUT2D eigenvalue weighted by Gasteiger charge is -2.27. The first-order valence-electron chi connectivity index (χ1n) is 8.30. The van der Waals surface area contributed by atoms with Crippen LogP contribution >= 0.6 is 11.3 Å². The molecule has 1 aromatic carbocycles. The van der Waals surface area contributed by atoms with Crippen LogP contribution in [0.15, 0.2) is 48.8 Å². The van der Waals surface area contributed by atoms with Crippen LogP contribution in [0.3, 0.4) is 0 Å². The maximum absolute atomic E-state index is 11.2. The number of fused-ring (bicyclic) bond motifs is 1. The number of benzene rings is 1. The van der Waals surface area contributed by atoms with E-state index in [1.165, 1.54) is 32.9 Å². The average Bonchev–Trinajstić information content (AvgIpc) is 3.25. The second-order valence-corrected chi connectivity index (χ2v) is 7.43. The SMILES string of the molecule is O=C(O)c1cc2c(s1)CCN(Cc1ccccc1Cn1cccn1)C2. The van der Waals surface area contributed by atoms with Crippen molar-refractivity contribution in [3.8, 4) is 0 Å². The largest absolute Gasteiger partial charge is 0.477 e. The highest BCUT2D eigenvalue weighted by molar-refractivity contribution is 7.14. The molecule has 0 bridgehead atoms. The van der Waals surface area contributed by atoms with Gasteiger partial charge in [-0.3, -0.25) is 9.58 Å². The van der Waals surface area contributed by atoms with Crippen LogP contribution in [0.25, 0.3) is 0 Å². The van der Waals surface area contributed by atoms with Gasteiger partial charge in [0.1, 0.15) is 4.88 Å². The quantitative estimate of drug-likeness (QED) is 0.765. The van der Waals surface area contributed by atoms with Crippen molar-refractivity contribution >= 4 is 17.3 Å². The zero-order valence-corrected chi connectivity index (χ0v) is 14.6. The van der Waals surface area contributed by atoms with Crippen molar-refractivity contribution in [1.29, 1.82) is 0 Å². The topological polar surface area (TPSA) is 58.4 Å². The Kier molecular flexibility index (Phi) is 4.38. The summed E-state index contributed by atoms with van der Waals surface area (Å²) in [4.78, 5) is 15.2. The Balaban J connectivity index is 1.50. The fourth-order valence-corrected chi connectivity index (χ4v) is 4.31. The van der Waals surface area contributed by atoms with E-state index in [4.69, 9.17) is 0 Å². The zero-order chi connectivity index (χ0) is 17.2. The number of carboxylic acid groups (broad SMARTS) is 1. The van der Waals surface area contributed by atoms with Crippen LogP contribution in [0.2, 0.25) is 0 Å². The highest BCUT2D eigenvalue weighted by Crippen LogP contribution is 2.29. The predicted molar refractivity (Wildman–Crippen MR) is 96.9 cm³/mol. The van der Waals surface area contributed by atoms with Gasteiger partial charge in [0.15, 0.2) is 0 Å². The smallest absolute Gasteiger partial charge is 0.345 e. The Morgan fingerprint density at radius 3 is 2.72 bits per heavy atom. The molecule has 0 atom stereocenters. The Bertz CT molecular complexity index is 886. The first-order valence-corrected chi connectivity index (χ1v) is 9.12. The lowest BCUT2D eigenvalue weighted by molar-refractivity contribution is 0.0702. The molecule has 4 rings (SSSR count). The molecule has 3 aromatic rings. The van der Waals surface area contributed by atoms with E-state index < -0.39 is 5.97 Å². The molecule has 0 saturated carbocycles. The van der Waals surface area contributed by atoms with E-state index in [1.54, 1.807) is 6.20 Å². The zero-order valence-electron chi connectivity index (χ0n) is 13.8. The van der Waals surface area contributed by atoms with Gasteiger partial charge in [0.2, 0.25) is 0 Å². The van der Waals surface area contributed by atoms with Crippen LogP contribution in [0, 0.1) is 0 Å². The average molecular weight is 353 g/mol. The van der Waals surface area contributed by atoms with E-state index in [2.05, 4.69) is 34.3 Å². The van der Waals surface area contributed by atoms with Gasteiger partial charge in [0, 0.05) is 36.9 Å². The van der Waals surface area contributed by atoms with Crippen molar-refractivity contribution in [3.05, 3.63) is 75.2 Å². The molecule has 0 fully saturated rings. The van der Waals surface area contributed by atoms with Gasteiger partial charge in [0.25, 0.3) is 0 Å². The van der Waals surface area contributed by atoms with E-state index in [-0.39, 0.29) is 0 Å². The lowest BCUT2D eigenvalue weighted by Crippen LogP contribution is -2.29. The summed E-state index contributed by atoms with van der Waals surface area (Å²) in [7, 11) is 0. The fraction of sp³-hybridized carbons (Fsp3) is 0.263. The van der Waals surface area contributed by atoms with Crippen LogP contribution in [-0.2, 0) is 26.1 Å². The van der Waals surface area contributed by atoms with Crippen molar-refractivity contribution < 1.29 is 9.90 Å². The molecular formula is C19H19N3O2S. The summed E-state index contributed by atoms with van der Waals surface area (Å²) >= 11 is 1.42. The number of thiophene rings is 1. The van der Waals surface area contributed by atoms with Crippen LogP contribution in [0.5, 0.6) is 0 Å². The lowest BCUT2D eigenvalue weighted by atomic mass is 10.0. The molecule has 1 aliphatic rings. The van der Waals surface area contributed by atoms with Gasteiger partial charge < -0.3 is 5.11 Å². The van der Waals surface area contributed by atoms with Crippen LogP contribution < -0.4 is 0 Å². The van der Waals surface area contributed by atoms with E-state index in [9.17, 15) is 9.90 Å². The van der Waals surface area contributed by atoms with Gasteiger partial charge in [0.05, 0.1) is 6.54 Å². The molecule has 0 saturated heterocycles. The second-order valence-electron chi connectivity index (χ2n) is 6.30. The van der Waals surface area contributed by atoms with E-state index >= 15 is 0 Å². The molecule has 3 heterocycles. The van der Waals surface area contributed by atoms with E-state index in [1.807, 2.05) is 23.0 Å². The summed E-state index contributed by atoms with van der Waals surface area (Å²) < 4.78 is 1.94. The molecule has 25 heavy (non-hydrogen) atoms. The number of hydrogen-bond acceptors (Lipinski definition) is 4. The normalized spacial score (nSPS) is 14.4. The van der Waals surface area contributed by atoms with Crippen molar-refractivity contribution in [2.24, 2.45) is 0 Å². The summed E-state index contributed by atoms with van der Waals surface area (Å²) in [6.45, 7) is 3.41. The van der Waals surface area contributed by atoms with Crippen LogP contribution in [0.4, 0.5) is 0 Å². The van der Waals surface area contributed by atoms with Crippen molar-refractivity contribution in [2.45, 2.75) is 26.1 Å². The second kappa shape index (κ2) is 6.82. The van der Waals surface area contributed by atoms with Crippen molar-refractivity contribution in [2.75, 3.05) is 6.54 Å². The monoisotopic (exact) mass is 353 g/mol. The highest BCUT2D eigenvalue weighted by atomic mass is 32.1. The van der Waals surface area contributed by atoms with Gasteiger partial charge in [-0.2, -0.15) is 5.10 Å².